The minimum Gasteiger partial charge on any atom is -0.342 e. The van der Waals surface area contributed by atoms with Gasteiger partial charge in [-0.1, -0.05) is 12.1 Å². The van der Waals surface area contributed by atoms with Gasteiger partial charge in [-0.15, -0.1) is 0 Å². The largest absolute Gasteiger partial charge is 0.342 e. The average molecular weight is 446 g/mol. The molecule has 2 heterocycles. The number of nitrogens with one attached hydrogen (secondary N) is 1. The first-order valence-electron chi connectivity index (χ1n) is 11.6. The van der Waals surface area contributed by atoms with Crippen molar-refractivity contribution in [3.63, 3.8) is 0 Å². The number of rotatable bonds is 7. The van der Waals surface area contributed by atoms with Crippen LogP contribution < -0.4 is 4.72 Å². The molecule has 0 radical (unpaired) electrons. The summed E-state index contributed by atoms with van der Waals surface area (Å²) in [4.78, 5) is 29.6. The van der Waals surface area contributed by atoms with Crippen LogP contribution in [-0.2, 0) is 26.0 Å². The van der Waals surface area contributed by atoms with Crippen molar-refractivity contribution in [2.45, 2.75) is 80.8 Å². The summed E-state index contributed by atoms with van der Waals surface area (Å²) in [5.74, 6) is 0.862. The van der Waals surface area contributed by atoms with E-state index >= 15 is 0 Å². The van der Waals surface area contributed by atoms with E-state index < -0.39 is 10.0 Å². The second-order valence-corrected chi connectivity index (χ2v) is 11.3. The zero-order valence-corrected chi connectivity index (χ0v) is 18.6. The van der Waals surface area contributed by atoms with Gasteiger partial charge in [0, 0.05) is 44.1 Å². The summed E-state index contributed by atoms with van der Waals surface area (Å²) in [7, 11) is -3.44. The van der Waals surface area contributed by atoms with Crippen molar-refractivity contribution < 1.29 is 18.0 Å². The highest BCUT2D eigenvalue weighted by molar-refractivity contribution is 7.89. The van der Waals surface area contributed by atoms with Crippen molar-refractivity contribution in [3.8, 4) is 0 Å². The van der Waals surface area contributed by atoms with Gasteiger partial charge in [-0.2, -0.15) is 0 Å². The summed E-state index contributed by atoms with van der Waals surface area (Å²) in [5, 5.41) is 0. The molecular weight excluding hydrogens is 414 g/mol. The molecule has 0 aromatic heterocycles. The normalized spacial score (nSPS) is 26.6. The number of likely N-dealkylation sites (tertiary alicyclic amines) is 2. The minimum atomic E-state index is -3.44. The fourth-order valence-corrected chi connectivity index (χ4v) is 6.38. The molecular formula is C23H31N3O4S. The first kappa shape index (κ1) is 20.9. The molecule has 1 aromatic rings. The second-order valence-electron chi connectivity index (χ2n) is 9.57. The number of amides is 2. The summed E-state index contributed by atoms with van der Waals surface area (Å²) in [5.41, 5.74) is 0.969. The molecule has 2 aliphatic heterocycles. The van der Waals surface area contributed by atoms with Gasteiger partial charge in [-0.3, -0.25) is 9.59 Å². The molecule has 1 aromatic carbocycles. The standard InChI is InChI=1S/C23H31N3O4S/c27-22(11-3-16-1-9-20(10-2-16)31(29,30)24-18-5-6-18)25-14-13-21-17(15-25)4-12-23(28)26(21)19-7-8-19/h1-2,9-10,17-19,21,24H,3-8,11-15H2/t17-,21+/m0/s1. The van der Waals surface area contributed by atoms with Gasteiger partial charge in [0.05, 0.1) is 4.90 Å². The Kier molecular flexibility index (Phi) is 5.54. The first-order chi connectivity index (χ1) is 14.9. The first-order valence-corrected chi connectivity index (χ1v) is 13.1. The maximum atomic E-state index is 12.8. The third kappa shape index (κ3) is 4.65. The number of nitrogens with zero attached hydrogens (tertiary/aromatic N) is 2. The van der Waals surface area contributed by atoms with Gasteiger partial charge in [0.15, 0.2) is 0 Å². The number of carbonyl (C=O) groups excluding carboxylic acids is 2. The van der Waals surface area contributed by atoms with Gasteiger partial charge in [0.25, 0.3) is 0 Å². The van der Waals surface area contributed by atoms with E-state index in [1.807, 2.05) is 4.90 Å². The van der Waals surface area contributed by atoms with E-state index in [-0.39, 0.29) is 16.8 Å². The van der Waals surface area contributed by atoms with Crippen LogP contribution in [0.1, 0.15) is 56.9 Å². The smallest absolute Gasteiger partial charge is 0.240 e. The van der Waals surface area contributed by atoms with Crippen LogP contribution in [0.2, 0.25) is 0 Å². The van der Waals surface area contributed by atoms with Crippen molar-refractivity contribution in [1.82, 2.24) is 14.5 Å². The van der Waals surface area contributed by atoms with E-state index in [0.29, 0.717) is 43.2 Å². The van der Waals surface area contributed by atoms with Crippen LogP contribution in [0.15, 0.2) is 29.2 Å². The monoisotopic (exact) mass is 445 g/mol. The topological polar surface area (TPSA) is 86.8 Å². The maximum absolute atomic E-state index is 12.8. The van der Waals surface area contributed by atoms with E-state index in [9.17, 15) is 18.0 Å². The van der Waals surface area contributed by atoms with Crippen molar-refractivity contribution in [1.29, 1.82) is 0 Å². The minimum absolute atomic E-state index is 0.0880. The van der Waals surface area contributed by atoms with Gasteiger partial charge in [-0.25, -0.2) is 13.1 Å². The summed E-state index contributed by atoms with van der Waals surface area (Å²) in [6.45, 7) is 1.48. The van der Waals surface area contributed by atoms with E-state index in [0.717, 1.165) is 57.2 Å². The summed E-state index contributed by atoms with van der Waals surface area (Å²) < 4.78 is 27.2. The molecule has 8 heteroatoms. The molecule has 2 saturated heterocycles. The summed E-state index contributed by atoms with van der Waals surface area (Å²) in [6.07, 6.45) is 7.51. The highest BCUT2D eigenvalue weighted by Crippen LogP contribution is 2.39. The molecule has 0 bridgehead atoms. The van der Waals surface area contributed by atoms with Crippen LogP contribution in [0, 0.1) is 5.92 Å². The lowest BCUT2D eigenvalue weighted by Gasteiger charge is -2.47. The number of fused-ring (bicyclic) bond motifs is 1. The number of aryl methyl sites for hydroxylation is 1. The molecule has 31 heavy (non-hydrogen) atoms. The Morgan fingerprint density at radius 1 is 1.03 bits per heavy atom. The zero-order valence-electron chi connectivity index (χ0n) is 17.8. The fourth-order valence-electron chi connectivity index (χ4n) is 5.08. The van der Waals surface area contributed by atoms with Crippen LogP contribution in [0.3, 0.4) is 0 Å². The quantitative estimate of drug-likeness (QED) is 0.696. The summed E-state index contributed by atoms with van der Waals surface area (Å²) >= 11 is 0. The number of piperidine rings is 2. The number of benzene rings is 1. The molecule has 4 aliphatic rings. The Hall–Kier alpha value is -1.93. The van der Waals surface area contributed by atoms with Crippen LogP contribution in [0.4, 0.5) is 0 Å². The van der Waals surface area contributed by atoms with Gasteiger partial charge >= 0.3 is 0 Å². The third-order valence-corrected chi connectivity index (χ3v) is 8.66. The van der Waals surface area contributed by atoms with Gasteiger partial charge in [0.1, 0.15) is 0 Å². The lowest BCUT2D eigenvalue weighted by atomic mass is 9.83. The lowest BCUT2D eigenvalue weighted by molar-refractivity contribution is -0.144. The molecule has 168 valence electrons. The van der Waals surface area contributed by atoms with Crippen molar-refractivity contribution in [2.24, 2.45) is 5.92 Å². The number of hydrogen-bond acceptors (Lipinski definition) is 4. The van der Waals surface area contributed by atoms with E-state index in [4.69, 9.17) is 0 Å². The van der Waals surface area contributed by atoms with Crippen LogP contribution in [0.5, 0.6) is 0 Å². The third-order valence-electron chi connectivity index (χ3n) is 7.12. The number of sulfonamides is 1. The fraction of sp³-hybridized carbons (Fsp3) is 0.652. The highest BCUT2D eigenvalue weighted by Gasteiger charge is 2.45. The second kappa shape index (κ2) is 8.20. The van der Waals surface area contributed by atoms with Crippen LogP contribution in [0.25, 0.3) is 0 Å². The van der Waals surface area contributed by atoms with Gasteiger partial charge in [0.2, 0.25) is 21.8 Å². The molecule has 1 N–H and O–H groups in total. The van der Waals surface area contributed by atoms with E-state index in [1.54, 1.807) is 24.3 Å². The lowest BCUT2D eigenvalue weighted by Crippen LogP contribution is -2.57. The zero-order chi connectivity index (χ0) is 21.6. The molecule has 5 rings (SSSR count). The molecule has 0 unspecified atom stereocenters. The molecule has 2 amide bonds. The summed E-state index contributed by atoms with van der Waals surface area (Å²) in [6, 6.07) is 7.72. The van der Waals surface area contributed by atoms with E-state index in [2.05, 4.69) is 9.62 Å². The Morgan fingerprint density at radius 3 is 2.45 bits per heavy atom. The molecule has 0 spiro atoms. The van der Waals surface area contributed by atoms with Crippen molar-refractivity contribution in [2.75, 3.05) is 13.1 Å². The Morgan fingerprint density at radius 2 is 1.77 bits per heavy atom. The highest BCUT2D eigenvalue weighted by atomic mass is 32.2. The van der Waals surface area contributed by atoms with Crippen molar-refractivity contribution in [3.05, 3.63) is 29.8 Å². The Balaban J connectivity index is 1.14. The Labute approximate surface area is 184 Å². The van der Waals surface area contributed by atoms with E-state index in [1.165, 1.54) is 0 Å². The molecule has 2 aliphatic carbocycles. The molecule has 2 saturated carbocycles. The molecule has 4 fully saturated rings. The Bertz CT molecular complexity index is 954. The molecule has 2 atom stereocenters. The average Bonchev–Trinajstić information content (AvgIpc) is 3.68. The molecule has 7 nitrogen and oxygen atoms in total. The SMILES string of the molecule is O=C(CCc1ccc(S(=O)(=O)NC2CC2)cc1)N1CC[C@@H]2[C@@H](CCC(=O)N2C2CC2)C1. The van der Waals surface area contributed by atoms with Gasteiger partial charge < -0.3 is 9.80 Å². The predicted molar refractivity (Wildman–Crippen MR) is 116 cm³/mol. The van der Waals surface area contributed by atoms with Gasteiger partial charge in [-0.05, 0) is 68.6 Å². The van der Waals surface area contributed by atoms with Crippen LogP contribution in [-0.4, -0.2) is 61.2 Å². The van der Waals surface area contributed by atoms with Crippen molar-refractivity contribution >= 4 is 21.8 Å². The number of carbonyl (C=O) groups is 2. The van der Waals surface area contributed by atoms with Crippen LogP contribution >= 0.6 is 0 Å². The number of hydrogen-bond donors (Lipinski definition) is 1. The maximum Gasteiger partial charge on any atom is 0.240 e. The predicted octanol–water partition coefficient (Wildman–Crippen LogP) is 2.06.